The van der Waals surface area contributed by atoms with Crippen LogP contribution in [0.25, 0.3) is 0 Å². The number of rotatable bonds is 3. The monoisotopic (exact) mass is 305 g/mol. The number of nitrogens with zero attached hydrogens (tertiary/aromatic N) is 2. The summed E-state index contributed by atoms with van der Waals surface area (Å²) in [4.78, 5) is 4.44. The molecule has 0 spiro atoms. The van der Waals surface area contributed by atoms with E-state index in [2.05, 4.69) is 52.1 Å². The molecule has 2 nitrogen and oxygen atoms in total. The molecule has 0 bridgehead atoms. The van der Waals surface area contributed by atoms with Crippen molar-refractivity contribution in [1.82, 2.24) is 9.80 Å². The van der Waals surface area contributed by atoms with Gasteiger partial charge < -0.3 is 27.1 Å². The summed E-state index contributed by atoms with van der Waals surface area (Å²) in [6.07, 6.45) is 6.75. The van der Waals surface area contributed by atoms with Gasteiger partial charge in [-0.1, -0.05) is 13.3 Å². The fraction of sp³-hybridized carbons (Fsp3) is 0.750. The molecule has 0 saturated carbocycles. The number of alkyl halides is 1. The van der Waals surface area contributed by atoms with Crippen LogP contribution in [0.3, 0.4) is 0 Å². The van der Waals surface area contributed by atoms with E-state index in [1.54, 1.807) is 0 Å². The molecular weight excluding hydrogens is 291 g/mol. The number of hydrogen-bond donors (Lipinski definition) is 0. The summed E-state index contributed by atoms with van der Waals surface area (Å²) >= 11 is 3.59. The normalized spacial score (nSPS) is 19.8. The van der Waals surface area contributed by atoms with E-state index in [1.807, 2.05) is 0 Å². The zero-order valence-electron chi connectivity index (χ0n) is 9.21. The van der Waals surface area contributed by atoms with Gasteiger partial charge in [-0.05, 0) is 22.4 Å². The van der Waals surface area contributed by atoms with Crippen molar-refractivity contribution in [2.45, 2.75) is 24.8 Å². The third-order valence-corrected chi connectivity index (χ3v) is 3.04. The minimum Gasteiger partial charge on any atom is -0.418 e. The maximum atomic E-state index is 9.75. The number of hydrogen-bond acceptors (Lipinski definition) is 2. The van der Waals surface area contributed by atoms with E-state index in [-0.39, 0.29) is 0 Å². The van der Waals surface area contributed by atoms with Gasteiger partial charge in [-0.15, -0.1) is 0 Å². The zero-order valence-corrected chi connectivity index (χ0v) is 10.8. The van der Waals surface area contributed by atoms with Crippen molar-refractivity contribution in [2.24, 2.45) is 0 Å². The van der Waals surface area contributed by atoms with Crippen LogP contribution in [-0.2, 0) is 0 Å². The van der Waals surface area contributed by atoms with Crippen LogP contribution < -0.4 is 0 Å². The van der Waals surface area contributed by atoms with E-state index in [9.17, 15) is 17.3 Å². The summed E-state index contributed by atoms with van der Waals surface area (Å²) in [5.74, 6) is 0. The van der Waals surface area contributed by atoms with Crippen LogP contribution in [0, 0.1) is 0 Å². The van der Waals surface area contributed by atoms with Crippen molar-refractivity contribution >= 4 is 23.2 Å². The molecule has 1 atom stereocenters. The molecule has 1 aliphatic heterocycles. The fourth-order valence-corrected chi connectivity index (χ4v) is 1.57. The maximum absolute atomic E-state index is 9.75. The Labute approximate surface area is 102 Å². The first-order chi connectivity index (χ1) is 7.25. The fourth-order valence-electron chi connectivity index (χ4n) is 1.09. The lowest BCUT2D eigenvalue weighted by Gasteiger charge is -2.24. The van der Waals surface area contributed by atoms with E-state index in [1.165, 1.54) is 12.8 Å². The van der Waals surface area contributed by atoms with Crippen molar-refractivity contribution < 1.29 is 17.3 Å². The van der Waals surface area contributed by atoms with Gasteiger partial charge in [0.2, 0.25) is 0 Å². The Morgan fingerprint density at radius 3 is 2.06 bits per heavy atom. The van der Waals surface area contributed by atoms with Crippen LogP contribution in [-0.4, -0.2) is 35.7 Å². The van der Waals surface area contributed by atoms with E-state index in [0.29, 0.717) is 5.08 Å². The quantitative estimate of drug-likeness (QED) is 0.341. The first-order valence-electron chi connectivity index (χ1n) is 4.93. The predicted molar refractivity (Wildman–Crippen MR) is 61.4 cm³/mol. The van der Waals surface area contributed by atoms with Crippen LogP contribution in [0.1, 0.15) is 19.8 Å². The molecule has 1 unspecified atom stereocenters. The molecule has 96 valence electrons. The van der Waals surface area contributed by atoms with Gasteiger partial charge in [0.25, 0.3) is 0 Å². The van der Waals surface area contributed by atoms with Gasteiger partial charge in [0.15, 0.2) is 5.08 Å². The Balaban J connectivity index is 0.000000385. The molecule has 0 saturated heterocycles. The van der Waals surface area contributed by atoms with Gasteiger partial charge >= 0.3 is 7.25 Å². The minimum absolute atomic E-state index is 0.369. The van der Waals surface area contributed by atoms with Gasteiger partial charge in [-0.25, -0.2) is 0 Å². The van der Waals surface area contributed by atoms with E-state index >= 15 is 0 Å². The Morgan fingerprint density at radius 2 is 1.75 bits per heavy atom. The molecular formula is C8H15BBrF4N2-. The van der Waals surface area contributed by atoms with E-state index in [0.717, 1.165) is 6.54 Å². The second kappa shape index (κ2) is 7.03. The molecule has 0 N–H and O–H groups in total. The van der Waals surface area contributed by atoms with Gasteiger partial charge in [0, 0.05) is 26.0 Å². The molecule has 1 aliphatic rings. The second-order valence-corrected chi connectivity index (χ2v) is 4.18. The van der Waals surface area contributed by atoms with Crippen LogP contribution in [0.2, 0.25) is 0 Å². The first-order valence-corrected chi connectivity index (χ1v) is 5.84. The summed E-state index contributed by atoms with van der Waals surface area (Å²) in [5, 5.41) is 0.369. The highest BCUT2D eigenvalue weighted by molar-refractivity contribution is 9.09. The van der Waals surface area contributed by atoms with Crippen molar-refractivity contribution in [1.29, 1.82) is 0 Å². The third kappa shape index (κ3) is 7.84. The lowest BCUT2D eigenvalue weighted by molar-refractivity contribution is 0.266. The highest BCUT2D eigenvalue weighted by Crippen LogP contribution is 2.19. The van der Waals surface area contributed by atoms with Crippen molar-refractivity contribution in [3.63, 3.8) is 0 Å². The van der Waals surface area contributed by atoms with Gasteiger partial charge in [0.1, 0.15) is 0 Å². The topological polar surface area (TPSA) is 6.48 Å². The van der Waals surface area contributed by atoms with E-state index in [4.69, 9.17) is 0 Å². The number of unbranched alkanes of at least 4 members (excludes halogenated alkanes) is 1. The van der Waals surface area contributed by atoms with Crippen LogP contribution in [0.5, 0.6) is 0 Å². The highest BCUT2D eigenvalue weighted by atomic mass is 79.9. The van der Waals surface area contributed by atoms with E-state index < -0.39 is 7.25 Å². The Bertz CT molecular complexity index is 219. The molecule has 1 rings (SSSR count). The molecule has 0 fully saturated rings. The summed E-state index contributed by atoms with van der Waals surface area (Å²) in [6, 6.07) is 0. The van der Waals surface area contributed by atoms with Crippen molar-refractivity contribution in [3.05, 3.63) is 12.4 Å². The summed E-state index contributed by atoms with van der Waals surface area (Å²) in [6.45, 7) is 3.36. The smallest absolute Gasteiger partial charge is 0.418 e. The number of halogens is 5. The lowest BCUT2D eigenvalue weighted by atomic mass is 10.3. The largest absolute Gasteiger partial charge is 0.673 e. The predicted octanol–water partition coefficient (Wildman–Crippen LogP) is 3.48. The van der Waals surface area contributed by atoms with Crippen LogP contribution >= 0.6 is 15.9 Å². The molecule has 1 heterocycles. The minimum atomic E-state index is -6.00. The molecule has 8 heteroatoms. The summed E-state index contributed by atoms with van der Waals surface area (Å²) < 4.78 is 39.0. The second-order valence-electron chi connectivity index (χ2n) is 3.36. The van der Waals surface area contributed by atoms with Crippen LogP contribution in [0.15, 0.2) is 12.4 Å². The first kappa shape index (κ1) is 15.6. The molecule has 0 aromatic rings. The SMILES string of the molecule is CCCCN1C=CN(C)C1Br.F[B-](F)(F)F. The Morgan fingerprint density at radius 1 is 1.25 bits per heavy atom. The average molecular weight is 306 g/mol. The third-order valence-electron chi connectivity index (χ3n) is 1.87. The molecule has 0 amide bonds. The van der Waals surface area contributed by atoms with Crippen LogP contribution in [0.4, 0.5) is 17.3 Å². The standard InChI is InChI=1S/C8H15BrN2.BF4/c1-3-4-5-11-7-6-10(2)8(11)9;2-1(3,4)5/h6-8H,3-5H2,1-2H3;/q;-1. The molecule has 16 heavy (non-hydrogen) atoms. The lowest BCUT2D eigenvalue weighted by Crippen LogP contribution is -2.31. The van der Waals surface area contributed by atoms with Gasteiger partial charge in [0.05, 0.1) is 0 Å². The molecule has 0 aliphatic carbocycles. The maximum Gasteiger partial charge on any atom is 0.673 e. The highest BCUT2D eigenvalue weighted by Gasteiger charge is 2.20. The molecule has 0 aromatic heterocycles. The molecule has 0 aromatic carbocycles. The Kier molecular flexibility index (Phi) is 6.86. The molecule has 0 radical (unpaired) electrons. The van der Waals surface area contributed by atoms with Gasteiger partial charge in [-0.2, -0.15) is 0 Å². The average Bonchev–Trinajstić information content (AvgIpc) is 2.42. The summed E-state index contributed by atoms with van der Waals surface area (Å²) in [7, 11) is -3.93. The van der Waals surface area contributed by atoms with Gasteiger partial charge in [-0.3, -0.25) is 0 Å². The van der Waals surface area contributed by atoms with Crippen molar-refractivity contribution in [3.8, 4) is 0 Å². The summed E-state index contributed by atoms with van der Waals surface area (Å²) in [5.41, 5.74) is 0. The van der Waals surface area contributed by atoms with Crippen molar-refractivity contribution in [2.75, 3.05) is 13.6 Å². The zero-order chi connectivity index (χ0) is 12.8. The Hall–Kier alpha value is -0.395.